The number of hydrogen-bond acceptors (Lipinski definition) is 5. The fraction of sp³-hybridized carbons (Fsp3) is 0.500. The quantitative estimate of drug-likeness (QED) is 0.840. The number of fused-ring (bicyclic) bond motifs is 2. The Bertz CT molecular complexity index is 749. The first-order valence-corrected chi connectivity index (χ1v) is 9.10. The number of aromatic nitrogens is 3. The Morgan fingerprint density at radius 3 is 2.46 bits per heavy atom. The first-order valence-electron chi connectivity index (χ1n) is 8.72. The van der Waals surface area contributed by atoms with Gasteiger partial charge in [0.15, 0.2) is 0 Å². The fourth-order valence-corrected chi connectivity index (χ4v) is 4.63. The monoisotopic (exact) mass is 341 g/mol. The molecule has 2 atom stereocenters. The van der Waals surface area contributed by atoms with Crippen molar-refractivity contribution in [3.63, 3.8) is 0 Å². The standard InChI is InChI=1S/C18H20ClN5/c19-14-4-5-17(20-6-14)23-7-12-9-24(10-13(12)8-23)18-15-2-1-3-16(15)21-11-22-18/h4-6,11-13H,1-3,7-10H2. The van der Waals surface area contributed by atoms with E-state index >= 15 is 0 Å². The molecule has 0 saturated carbocycles. The van der Waals surface area contributed by atoms with Gasteiger partial charge in [-0.15, -0.1) is 0 Å². The maximum absolute atomic E-state index is 5.95. The Hall–Kier alpha value is -1.88. The van der Waals surface area contributed by atoms with Gasteiger partial charge in [-0.25, -0.2) is 15.0 Å². The van der Waals surface area contributed by atoms with Crippen LogP contribution in [0.5, 0.6) is 0 Å². The molecule has 0 N–H and O–H groups in total. The van der Waals surface area contributed by atoms with Crippen molar-refractivity contribution in [1.82, 2.24) is 15.0 Å². The van der Waals surface area contributed by atoms with Crippen molar-refractivity contribution in [1.29, 1.82) is 0 Å². The normalized spacial score (nSPS) is 25.2. The molecule has 2 aromatic heterocycles. The van der Waals surface area contributed by atoms with Crippen LogP contribution in [0.15, 0.2) is 24.7 Å². The van der Waals surface area contributed by atoms with Crippen molar-refractivity contribution in [2.75, 3.05) is 36.0 Å². The van der Waals surface area contributed by atoms with Gasteiger partial charge in [-0.2, -0.15) is 0 Å². The molecule has 4 heterocycles. The summed E-state index contributed by atoms with van der Waals surface area (Å²) in [5.41, 5.74) is 2.66. The fourth-order valence-electron chi connectivity index (χ4n) is 4.52. The Balaban J connectivity index is 1.32. The molecular formula is C18H20ClN5. The van der Waals surface area contributed by atoms with Gasteiger partial charge in [0.1, 0.15) is 18.0 Å². The first-order chi connectivity index (χ1) is 11.8. The van der Waals surface area contributed by atoms with E-state index in [9.17, 15) is 0 Å². The molecule has 2 aromatic rings. The van der Waals surface area contributed by atoms with Crippen LogP contribution in [0.25, 0.3) is 0 Å². The number of nitrogens with zero attached hydrogens (tertiary/aromatic N) is 5. The van der Waals surface area contributed by atoms with Crippen LogP contribution in [0.4, 0.5) is 11.6 Å². The van der Waals surface area contributed by atoms with Crippen molar-refractivity contribution >= 4 is 23.2 Å². The second kappa shape index (κ2) is 5.59. The van der Waals surface area contributed by atoms with E-state index in [0.717, 1.165) is 44.8 Å². The number of aryl methyl sites for hydroxylation is 1. The Morgan fingerprint density at radius 2 is 1.71 bits per heavy atom. The number of rotatable bonds is 2. The molecule has 0 spiro atoms. The lowest BCUT2D eigenvalue weighted by molar-refractivity contribution is 0.533. The third-order valence-electron chi connectivity index (χ3n) is 5.67. The second-order valence-electron chi connectivity index (χ2n) is 7.14. The van der Waals surface area contributed by atoms with E-state index < -0.39 is 0 Å². The Morgan fingerprint density at radius 1 is 0.917 bits per heavy atom. The highest BCUT2D eigenvalue weighted by Gasteiger charge is 2.41. The van der Waals surface area contributed by atoms with E-state index in [1.54, 1.807) is 12.5 Å². The van der Waals surface area contributed by atoms with Crippen LogP contribution < -0.4 is 9.80 Å². The maximum Gasteiger partial charge on any atom is 0.135 e. The lowest BCUT2D eigenvalue weighted by atomic mass is 10.0. The molecule has 0 aromatic carbocycles. The number of halogens is 1. The van der Waals surface area contributed by atoms with E-state index in [1.165, 1.54) is 23.5 Å². The van der Waals surface area contributed by atoms with Gasteiger partial charge in [-0.05, 0) is 31.4 Å². The van der Waals surface area contributed by atoms with Crippen molar-refractivity contribution < 1.29 is 0 Å². The van der Waals surface area contributed by atoms with Gasteiger partial charge < -0.3 is 9.80 Å². The predicted octanol–water partition coefficient (Wildman–Crippen LogP) is 2.59. The van der Waals surface area contributed by atoms with Crippen molar-refractivity contribution in [2.24, 2.45) is 11.8 Å². The lowest BCUT2D eigenvalue weighted by Crippen LogP contribution is -2.30. The minimum absolute atomic E-state index is 0.689. The predicted molar refractivity (Wildman–Crippen MR) is 94.7 cm³/mol. The largest absolute Gasteiger partial charge is 0.356 e. The van der Waals surface area contributed by atoms with Gasteiger partial charge in [0.05, 0.1) is 5.02 Å². The zero-order valence-electron chi connectivity index (χ0n) is 13.5. The summed E-state index contributed by atoms with van der Waals surface area (Å²) in [5.74, 6) is 3.62. The zero-order chi connectivity index (χ0) is 16.1. The Kier molecular flexibility index (Phi) is 3.37. The van der Waals surface area contributed by atoms with Crippen molar-refractivity contribution in [3.05, 3.63) is 40.9 Å². The molecule has 0 amide bonds. The van der Waals surface area contributed by atoms with Gasteiger partial charge in [0, 0.05) is 55.5 Å². The summed E-state index contributed by atoms with van der Waals surface area (Å²) in [6, 6.07) is 3.95. The number of anilines is 2. The smallest absolute Gasteiger partial charge is 0.135 e. The molecule has 1 aliphatic carbocycles. The number of hydrogen-bond donors (Lipinski definition) is 0. The van der Waals surface area contributed by atoms with Crippen LogP contribution in [0, 0.1) is 11.8 Å². The molecule has 124 valence electrons. The molecule has 5 rings (SSSR count). The van der Waals surface area contributed by atoms with Crippen molar-refractivity contribution in [3.8, 4) is 0 Å². The summed E-state index contributed by atoms with van der Waals surface area (Å²) in [4.78, 5) is 18.4. The van der Waals surface area contributed by atoms with Crippen LogP contribution in [0.1, 0.15) is 17.7 Å². The molecular weight excluding hydrogens is 322 g/mol. The van der Waals surface area contributed by atoms with Crippen LogP contribution in [0.2, 0.25) is 5.02 Å². The molecule has 2 fully saturated rings. The highest BCUT2D eigenvalue weighted by atomic mass is 35.5. The summed E-state index contributed by atoms with van der Waals surface area (Å²) in [6.45, 7) is 4.34. The average Bonchev–Trinajstić information content (AvgIpc) is 3.29. The topological polar surface area (TPSA) is 45.2 Å². The molecule has 2 saturated heterocycles. The van der Waals surface area contributed by atoms with Crippen LogP contribution in [0.3, 0.4) is 0 Å². The SMILES string of the molecule is Clc1ccc(N2CC3CN(c4ncnc5c4CCC5)CC3C2)nc1. The molecule has 2 aliphatic heterocycles. The third kappa shape index (κ3) is 2.34. The van der Waals surface area contributed by atoms with E-state index in [4.69, 9.17) is 11.6 Å². The minimum Gasteiger partial charge on any atom is -0.356 e. The summed E-state index contributed by atoms with van der Waals surface area (Å²) in [5, 5.41) is 0.696. The summed E-state index contributed by atoms with van der Waals surface area (Å²) in [6.07, 6.45) is 6.95. The summed E-state index contributed by atoms with van der Waals surface area (Å²) < 4.78 is 0. The third-order valence-corrected chi connectivity index (χ3v) is 5.90. The molecule has 5 nitrogen and oxygen atoms in total. The highest BCUT2D eigenvalue weighted by molar-refractivity contribution is 6.30. The summed E-state index contributed by atoms with van der Waals surface area (Å²) >= 11 is 5.95. The van der Waals surface area contributed by atoms with Gasteiger partial charge in [-0.3, -0.25) is 0 Å². The van der Waals surface area contributed by atoms with Gasteiger partial charge >= 0.3 is 0 Å². The first kappa shape index (κ1) is 14.5. The van der Waals surface area contributed by atoms with Gasteiger partial charge in [0.2, 0.25) is 0 Å². The molecule has 6 heteroatoms. The molecule has 24 heavy (non-hydrogen) atoms. The highest BCUT2D eigenvalue weighted by Crippen LogP contribution is 2.37. The van der Waals surface area contributed by atoms with E-state index in [1.807, 2.05) is 12.1 Å². The average molecular weight is 342 g/mol. The zero-order valence-corrected chi connectivity index (χ0v) is 14.3. The molecule has 0 bridgehead atoms. The maximum atomic E-state index is 5.95. The lowest BCUT2D eigenvalue weighted by Gasteiger charge is -2.24. The minimum atomic E-state index is 0.689. The molecule has 2 unspecified atom stereocenters. The van der Waals surface area contributed by atoms with Gasteiger partial charge in [-0.1, -0.05) is 11.6 Å². The van der Waals surface area contributed by atoms with E-state index in [0.29, 0.717) is 16.9 Å². The second-order valence-corrected chi connectivity index (χ2v) is 7.58. The van der Waals surface area contributed by atoms with E-state index in [-0.39, 0.29) is 0 Å². The number of pyridine rings is 1. The van der Waals surface area contributed by atoms with Crippen LogP contribution in [-0.4, -0.2) is 41.1 Å². The molecule has 0 radical (unpaired) electrons. The molecule has 3 aliphatic rings. The van der Waals surface area contributed by atoms with E-state index in [2.05, 4.69) is 24.8 Å². The van der Waals surface area contributed by atoms with Crippen LogP contribution >= 0.6 is 11.6 Å². The van der Waals surface area contributed by atoms with Gasteiger partial charge in [0.25, 0.3) is 0 Å². The Labute approximate surface area is 146 Å². The summed E-state index contributed by atoms with van der Waals surface area (Å²) in [7, 11) is 0. The van der Waals surface area contributed by atoms with Crippen molar-refractivity contribution in [2.45, 2.75) is 19.3 Å². The van der Waals surface area contributed by atoms with Crippen LogP contribution in [-0.2, 0) is 12.8 Å².